The Morgan fingerprint density at radius 3 is 2.22 bits per heavy atom. The van der Waals surface area contributed by atoms with E-state index >= 15 is 0 Å². The van der Waals surface area contributed by atoms with Gasteiger partial charge in [-0.1, -0.05) is 47.5 Å². The molecule has 3 aromatic carbocycles. The molecule has 1 N–H and O–H groups in total. The van der Waals surface area contributed by atoms with E-state index < -0.39 is 40.2 Å². The van der Waals surface area contributed by atoms with E-state index in [0.29, 0.717) is 11.6 Å². The van der Waals surface area contributed by atoms with Crippen molar-refractivity contribution in [1.82, 2.24) is 10.2 Å². The molecule has 0 aliphatic carbocycles. The van der Waals surface area contributed by atoms with Gasteiger partial charge >= 0.3 is 0 Å². The third-order valence-corrected chi connectivity index (χ3v) is 7.86. The zero-order valence-electron chi connectivity index (χ0n) is 20.8. The molecule has 0 heterocycles. The summed E-state index contributed by atoms with van der Waals surface area (Å²) in [6, 6.07) is 17.2. The van der Waals surface area contributed by atoms with E-state index in [4.69, 9.17) is 11.6 Å². The average molecular weight is 546 g/mol. The number of hydrogen-bond acceptors (Lipinski definition) is 4. The van der Waals surface area contributed by atoms with Crippen LogP contribution in [0.5, 0.6) is 0 Å². The molecule has 0 aliphatic rings. The predicted molar refractivity (Wildman–Crippen MR) is 142 cm³/mol. The lowest BCUT2D eigenvalue weighted by atomic mass is 10.1. The van der Waals surface area contributed by atoms with Crippen molar-refractivity contribution in [2.24, 2.45) is 0 Å². The molecule has 0 saturated heterocycles. The largest absolute Gasteiger partial charge is 0.355 e. The molecule has 0 aromatic heterocycles. The number of amides is 2. The molecule has 3 aromatic rings. The van der Waals surface area contributed by atoms with Gasteiger partial charge in [0.25, 0.3) is 10.0 Å². The molecule has 2 amide bonds. The molecule has 7 nitrogen and oxygen atoms in total. The quantitative estimate of drug-likeness (QED) is 0.405. The smallest absolute Gasteiger partial charge is 0.264 e. The summed E-state index contributed by atoms with van der Waals surface area (Å²) in [6.07, 6.45) is 0. The maximum atomic E-state index is 14.5. The fraction of sp³-hybridized carbons (Fsp3) is 0.259. The lowest BCUT2D eigenvalue weighted by Gasteiger charge is -2.32. The summed E-state index contributed by atoms with van der Waals surface area (Å²) in [5, 5.41) is 3.06. The van der Waals surface area contributed by atoms with E-state index in [1.165, 1.54) is 66.4 Å². The van der Waals surface area contributed by atoms with Crippen LogP contribution >= 0.6 is 11.6 Å². The molecular formula is C27H29ClFN3O4S. The Balaban J connectivity index is 2.03. The third-order valence-electron chi connectivity index (χ3n) is 5.82. The number of sulfonamides is 1. The topological polar surface area (TPSA) is 86.8 Å². The summed E-state index contributed by atoms with van der Waals surface area (Å²) in [7, 11) is -4.18. The van der Waals surface area contributed by atoms with Crippen LogP contribution in [-0.4, -0.2) is 44.3 Å². The number of carbonyl (C=O) groups is 2. The Hall–Kier alpha value is -3.43. The van der Waals surface area contributed by atoms with Gasteiger partial charge in [0.15, 0.2) is 0 Å². The predicted octanol–water partition coefficient (Wildman–Crippen LogP) is 4.54. The van der Waals surface area contributed by atoms with Gasteiger partial charge in [-0.15, -0.1) is 0 Å². The normalized spacial score (nSPS) is 12.0. The molecular weight excluding hydrogens is 517 g/mol. The standard InChI is InChI=1S/C27H29ClFN3O4S/c1-4-30-27(34)20(3)31(17-21-7-5-6-8-25(21)29)26(33)18-32(23-13-11-22(28)12-14-23)37(35,36)24-15-9-19(2)10-16-24/h5-16,20H,4,17-18H2,1-3H3,(H,30,34)/t20-/m1/s1. The van der Waals surface area contributed by atoms with Crippen LogP contribution in [-0.2, 0) is 26.2 Å². The van der Waals surface area contributed by atoms with Crippen molar-refractivity contribution in [1.29, 1.82) is 0 Å². The van der Waals surface area contributed by atoms with Crippen molar-refractivity contribution in [3.8, 4) is 0 Å². The Bertz CT molecular complexity index is 1350. The van der Waals surface area contributed by atoms with Crippen LogP contribution in [0, 0.1) is 12.7 Å². The van der Waals surface area contributed by atoms with Crippen LogP contribution in [0.3, 0.4) is 0 Å². The van der Waals surface area contributed by atoms with Crippen LogP contribution < -0.4 is 9.62 Å². The number of aryl methyl sites for hydroxylation is 1. The molecule has 3 rings (SSSR count). The number of anilines is 1. The second kappa shape index (κ2) is 12.2. The van der Waals surface area contributed by atoms with Gasteiger partial charge in [0, 0.05) is 23.7 Å². The van der Waals surface area contributed by atoms with E-state index in [-0.39, 0.29) is 22.7 Å². The van der Waals surface area contributed by atoms with Gasteiger partial charge in [-0.25, -0.2) is 12.8 Å². The van der Waals surface area contributed by atoms with Crippen molar-refractivity contribution in [3.63, 3.8) is 0 Å². The highest BCUT2D eigenvalue weighted by Crippen LogP contribution is 2.26. The van der Waals surface area contributed by atoms with Crippen LogP contribution in [0.15, 0.2) is 77.7 Å². The summed E-state index contributed by atoms with van der Waals surface area (Å²) >= 11 is 6.01. The average Bonchev–Trinajstić information content (AvgIpc) is 2.87. The van der Waals surface area contributed by atoms with Crippen molar-refractivity contribution in [2.45, 2.75) is 38.3 Å². The highest BCUT2D eigenvalue weighted by molar-refractivity contribution is 7.92. The number of hydrogen-bond donors (Lipinski definition) is 1. The Morgan fingerprint density at radius 1 is 1.00 bits per heavy atom. The minimum Gasteiger partial charge on any atom is -0.355 e. The molecule has 0 aliphatic heterocycles. The molecule has 1 atom stereocenters. The van der Waals surface area contributed by atoms with Gasteiger partial charge in [0.1, 0.15) is 18.4 Å². The fourth-order valence-corrected chi connectivity index (χ4v) is 5.23. The van der Waals surface area contributed by atoms with Gasteiger partial charge in [0.05, 0.1) is 10.6 Å². The van der Waals surface area contributed by atoms with Crippen LogP contribution in [0.4, 0.5) is 10.1 Å². The Kier molecular flexibility index (Phi) is 9.29. The maximum absolute atomic E-state index is 14.5. The summed E-state index contributed by atoms with van der Waals surface area (Å²) in [4.78, 5) is 27.5. The first-order chi connectivity index (χ1) is 17.5. The highest BCUT2D eigenvalue weighted by atomic mass is 35.5. The van der Waals surface area contributed by atoms with E-state index in [9.17, 15) is 22.4 Å². The minimum absolute atomic E-state index is 0.00159. The zero-order chi connectivity index (χ0) is 27.2. The number of carbonyl (C=O) groups excluding carboxylic acids is 2. The first-order valence-electron chi connectivity index (χ1n) is 11.7. The van der Waals surface area contributed by atoms with E-state index in [0.717, 1.165) is 9.87 Å². The van der Waals surface area contributed by atoms with Crippen LogP contribution in [0.1, 0.15) is 25.0 Å². The van der Waals surface area contributed by atoms with Gasteiger partial charge in [0.2, 0.25) is 11.8 Å². The van der Waals surface area contributed by atoms with Crippen molar-refractivity contribution >= 4 is 39.1 Å². The molecule has 0 unspecified atom stereocenters. The molecule has 0 radical (unpaired) electrons. The van der Waals surface area contributed by atoms with Crippen LogP contribution in [0.2, 0.25) is 5.02 Å². The molecule has 0 spiro atoms. The van der Waals surface area contributed by atoms with Crippen molar-refractivity contribution < 1.29 is 22.4 Å². The Labute approximate surface area is 221 Å². The minimum atomic E-state index is -4.18. The molecule has 0 saturated carbocycles. The number of rotatable bonds is 10. The van der Waals surface area contributed by atoms with Crippen molar-refractivity contribution in [2.75, 3.05) is 17.4 Å². The summed E-state index contributed by atoms with van der Waals surface area (Å²) in [5.41, 5.74) is 1.29. The number of nitrogens with zero attached hydrogens (tertiary/aromatic N) is 2. The van der Waals surface area contributed by atoms with E-state index in [1.807, 2.05) is 6.92 Å². The van der Waals surface area contributed by atoms with Crippen LogP contribution in [0.25, 0.3) is 0 Å². The second-order valence-corrected chi connectivity index (χ2v) is 10.8. The third kappa shape index (κ3) is 6.87. The SMILES string of the molecule is CCNC(=O)[C@@H](C)N(Cc1ccccc1F)C(=O)CN(c1ccc(Cl)cc1)S(=O)(=O)c1ccc(C)cc1. The number of halogens is 2. The Morgan fingerprint density at radius 2 is 1.62 bits per heavy atom. The van der Waals surface area contributed by atoms with Gasteiger partial charge < -0.3 is 10.2 Å². The summed E-state index contributed by atoms with van der Waals surface area (Å²) in [6.45, 7) is 4.59. The van der Waals surface area contributed by atoms with Gasteiger partial charge in [-0.05, 0) is 63.2 Å². The monoisotopic (exact) mass is 545 g/mol. The summed E-state index contributed by atoms with van der Waals surface area (Å²) < 4.78 is 42.8. The highest BCUT2D eigenvalue weighted by Gasteiger charge is 2.32. The summed E-state index contributed by atoms with van der Waals surface area (Å²) in [5.74, 6) is -1.65. The molecule has 37 heavy (non-hydrogen) atoms. The van der Waals surface area contributed by atoms with E-state index in [2.05, 4.69) is 5.32 Å². The molecule has 0 bridgehead atoms. The second-order valence-electron chi connectivity index (χ2n) is 8.48. The molecule has 196 valence electrons. The maximum Gasteiger partial charge on any atom is 0.264 e. The molecule has 0 fully saturated rings. The lowest BCUT2D eigenvalue weighted by molar-refractivity contribution is -0.139. The number of nitrogens with one attached hydrogen (secondary N) is 1. The van der Waals surface area contributed by atoms with Crippen molar-refractivity contribution in [3.05, 3.63) is 94.8 Å². The fourth-order valence-electron chi connectivity index (χ4n) is 3.69. The first-order valence-corrected chi connectivity index (χ1v) is 13.5. The number of likely N-dealkylation sites (N-methyl/N-ethyl adjacent to an activating group) is 1. The van der Waals surface area contributed by atoms with Gasteiger partial charge in [-0.2, -0.15) is 0 Å². The number of benzene rings is 3. The first kappa shape index (κ1) is 28.1. The van der Waals surface area contributed by atoms with E-state index in [1.54, 1.807) is 25.1 Å². The molecule has 10 heteroatoms. The zero-order valence-corrected chi connectivity index (χ0v) is 22.4. The lowest BCUT2D eigenvalue weighted by Crippen LogP contribution is -2.51. The van der Waals surface area contributed by atoms with Gasteiger partial charge in [-0.3, -0.25) is 13.9 Å².